The van der Waals surface area contributed by atoms with Crippen LogP contribution in [0.25, 0.3) is 0 Å². The van der Waals surface area contributed by atoms with Gasteiger partial charge >= 0.3 is 0 Å². The summed E-state index contributed by atoms with van der Waals surface area (Å²) in [6.45, 7) is 4.90. The van der Waals surface area contributed by atoms with Gasteiger partial charge in [0.05, 0.1) is 6.20 Å². The molecule has 0 bridgehead atoms. The van der Waals surface area contributed by atoms with Gasteiger partial charge in [-0.3, -0.25) is 0 Å². The van der Waals surface area contributed by atoms with Gasteiger partial charge in [0, 0.05) is 18.2 Å². The molecule has 4 heteroatoms. The molecule has 0 aliphatic rings. The standard InChI is InChI=1S/C8H16N4/c1-6(2)12-8(9)7(4-10-3)5-11-12/h5-6,10H,4,9H2,1-3H3. The third-order valence-electron chi connectivity index (χ3n) is 1.77. The quantitative estimate of drug-likeness (QED) is 0.700. The van der Waals surface area contributed by atoms with E-state index in [0.717, 1.165) is 17.9 Å². The lowest BCUT2D eigenvalue weighted by atomic mass is 10.3. The molecule has 0 aliphatic carbocycles. The van der Waals surface area contributed by atoms with Crippen LogP contribution < -0.4 is 11.1 Å². The summed E-state index contributed by atoms with van der Waals surface area (Å²) < 4.78 is 1.83. The predicted octanol–water partition coefficient (Wildman–Crippen LogP) is 0.766. The van der Waals surface area contributed by atoms with Gasteiger partial charge in [-0.1, -0.05) is 0 Å². The highest BCUT2D eigenvalue weighted by Gasteiger charge is 2.07. The minimum absolute atomic E-state index is 0.329. The van der Waals surface area contributed by atoms with Gasteiger partial charge in [0.15, 0.2) is 0 Å². The van der Waals surface area contributed by atoms with Crippen LogP contribution in [0, 0.1) is 0 Å². The number of nitrogens with one attached hydrogen (secondary N) is 1. The summed E-state index contributed by atoms with van der Waals surface area (Å²) >= 11 is 0. The van der Waals surface area contributed by atoms with E-state index in [1.165, 1.54) is 0 Å². The first kappa shape index (κ1) is 9.06. The zero-order valence-corrected chi connectivity index (χ0v) is 7.83. The summed E-state index contributed by atoms with van der Waals surface area (Å²) in [5, 5.41) is 7.23. The fraction of sp³-hybridized carbons (Fsp3) is 0.625. The monoisotopic (exact) mass is 168 g/mol. The van der Waals surface area contributed by atoms with Crippen molar-refractivity contribution in [2.75, 3.05) is 12.8 Å². The third kappa shape index (κ3) is 1.58. The van der Waals surface area contributed by atoms with Crippen molar-refractivity contribution in [1.82, 2.24) is 15.1 Å². The minimum Gasteiger partial charge on any atom is -0.384 e. The van der Waals surface area contributed by atoms with E-state index >= 15 is 0 Å². The number of nitrogens with zero attached hydrogens (tertiary/aromatic N) is 2. The predicted molar refractivity (Wildman–Crippen MR) is 49.8 cm³/mol. The zero-order valence-electron chi connectivity index (χ0n) is 7.83. The number of nitrogen functional groups attached to an aromatic ring is 1. The van der Waals surface area contributed by atoms with Crippen molar-refractivity contribution in [3.8, 4) is 0 Å². The van der Waals surface area contributed by atoms with E-state index in [1.54, 1.807) is 0 Å². The second-order valence-electron chi connectivity index (χ2n) is 3.12. The molecule has 0 spiro atoms. The van der Waals surface area contributed by atoms with Crippen molar-refractivity contribution in [2.24, 2.45) is 0 Å². The van der Waals surface area contributed by atoms with Gasteiger partial charge in [-0.25, -0.2) is 4.68 Å². The summed E-state index contributed by atoms with van der Waals surface area (Å²) in [7, 11) is 1.89. The van der Waals surface area contributed by atoms with E-state index < -0.39 is 0 Å². The molecule has 1 heterocycles. The van der Waals surface area contributed by atoms with E-state index in [-0.39, 0.29) is 0 Å². The summed E-state index contributed by atoms with van der Waals surface area (Å²) in [6, 6.07) is 0.329. The topological polar surface area (TPSA) is 55.9 Å². The van der Waals surface area contributed by atoms with E-state index in [0.29, 0.717) is 6.04 Å². The highest BCUT2D eigenvalue weighted by Crippen LogP contribution is 2.15. The van der Waals surface area contributed by atoms with E-state index in [9.17, 15) is 0 Å². The SMILES string of the molecule is CNCc1cnn(C(C)C)c1N. The lowest BCUT2D eigenvalue weighted by Crippen LogP contribution is -2.10. The Kier molecular flexibility index (Phi) is 2.70. The molecule has 1 aromatic heterocycles. The summed E-state index contributed by atoms with van der Waals surface area (Å²) in [4.78, 5) is 0. The molecule has 3 N–H and O–H groups in total. The van der Waals surface area contributed by atoms with Crippen LogP contribution in [0.5, 0.6) is 0 Å². The van der Waals surface area contributed by atoms with Gasteiger partial charge in [-0.05, 0) is 20.9 Å². The average molecular weight is 168 g/mol. The molecule has 12 heavy (non-hydrogen) atoms. The molecule has 0 unspecified atom stereocenters. The van der Waals surface area contributed by atoms with Crippen LogP contribution in [0.15, 0.2) is 6.20 Å². The normalized spacial score (nSPS) is 11.0. The average Bonchev–Trinajstić information content (AvgIpc) is 2.34. The second-order valence-corrected chi connectivity index (χ2v) is 3.12. The van der Waals surface area contributed by atoms with Gasteiger partial charge < -0.3 is 11.1 Å². The Morgan fingerprint density at radius 1 is 1.67 bits per heavy atom. The molecule has 0 radical (unpaired) electrons. The van der Waals surface area contributed by atoms with Crippen molar-refractivity contribution >= 4 is 5.82 Å². The van der Waals surface area contributed by atoms with Gasteiger partial charge in [-0.2, -0.15) is 5.10 Å². The van der Waals surface area contributed by atoms with Gasteiger partial charge in [0.1, 0.15) is 5.82 Å². The Balaban J connectivity index is 2.88. The van der Waals surface area contributed by atoms with Crippen LogP contribution >= 0.6 is 0 Å². The molecular weight excluding hydrogens is 152 g/mol. The fourth-order valence-corrected chi connectivity index (χ4v) is 1.15. The maximum atomic E-state index is 5.85. The molecule has 0 saturated heterocycles. The number of hydrogen-bond acceptors (Lipinski definition) is 3. The maximum Gasteiger partial charge on any atom is 0.126 e. The van der Waals surface area contributed by atoms with Crippen molar-refractivity contribution in [3.63, 3.8) is 0 Å². The summed E-state index contributed by atoms with van der Waals surface area (Å²) in [5.41, 5.74) is 6.91. The first-order chi connectivity index (χ1) is 5.66. The van der Waals surface area contributed by atoms with Crippen LogP contribution in [0.4, 0.5) is 5.82 Å². The van der Waals surface area contributed by atoms with E-state index in [1.807, 2.05) is 17.9 Å². The van der Waals surface area contributed by atoms with E-state index in [4.69, 9.17) is 5.73 Å². The van der Waals surface area contributed by atoms with Crippen LogP contribution in [0.2, 0.25) is 0 Å². The molecular formula is C8H16N4. The van der Waals surface area contributed by atoms with Crippen LogP contribution in [0.3, 0.4) is 0 Å². The number of nitrogens with two attached hydrogens (primary N) is 1. The number of rotatable bonds is 3. The summed E-state index contributed by atoms with van der Waals surface area (Å²) in [6.07, 6.45) is 1.81. The largest absolute Gasteiger partial charge is 0.384 e. The molecule has 0 aromatic carbocycles. The highest BCUT2D eigenvalue weighted by atomic mass is 15.3. The lowest BCUT2D eigenvalue weighted by molar-refractivity contribution is 0.540. The Morgan fingerprint density at radius 3 is 2.75 bits per heavy atom. The molecule has 0 aliphatic heterocycles. The molecule has 1 aromatic rings. The maximum absolute atomic E-state index is 5.85. The zero-order chi connectivity index (χ0) is 9.14. The van der Waals surface area contributed by atoms with Crippen molar-refractivity contribution in [2.45, 2.75) is 26.4 Å². The van der Waals surface area contributed by atoms with E-state index in [2.05, 4.69) is 24.3 Å². The van der Waals surface area contributed by atoms with Gasteiger partial charge in [-0.15, -0.1) is 0 Å². The minimum atomic E-state index is 0.329. The third-order valence-corrected chi connectivity index (χ3v) is 1.77. The van der Waals surface area contributed by atoms with Crippen molar-refractivity contribution in [1.29, 1.82) is 0 Å². The molecule has 0 atom stereocenters. The lowest BCUT2D eigenvalue weighted by Gasteiger charge is -2.07. The fourth-order valence-electron chi connectivity index (χ4n) is 1.15. The van der Waals surface area contributed by atoms with Crippen LogP contribution in [-0.4, -0.2) is 16.8 Å². The Bertz CT molecular complexity index is 252. The summed E-state index contributed by atoms with van der Waals surface area (Å²) in [5.74, 6) is 0.763. The van der Waals surface area contributed by atoms with Crippen LogP contribution in [-0.2, 0) is 6.54 Å². The van der Waals surface area contributed by atoms with Crippen LogP contribution in [0.1, 0.15) is 25.5 Å². The molecule has 68 valence electrons. The Hall–Kier alpha value is -1.03. The Labute approximate surface area is 72.8 Å². The van der Waals surface area contributed by atoms with Gasteiger partial charge in [0.25, 0.3) is 0 Å². The molecule has 1 rings (SSSR count). The van der Waals surface area contributed by atoms with Crippen molar-refractivity contribution in [3.05, 3.63) is 11.8 Å². The highest BCUT2D eigenvalue weighted by molar-refractivity contribution is 5.38. The number of aromatic nitrogens is 2. The molecule has 0 saturated carbocycles. The first-order valence-corrected chi connectivity index (χ1v) is 4.13. The number of hydrogen-bond donors (Lipinski definition) is 2. The molecule has 0 fully saturated rings. The molecule has 0 amide bonds. The van der Waals surface area contributed by atoms with Crippen molar-refractivity contribution < 1.29 is 0 Å². The second kappa shape index (κ2) is 3.58. The van der Waals surface area contributed by atoms with Gasteiger partial charge in [0.2, 0.25) is 0 Å². The number of anilines is 1. The molecule has 4 nitrogen and oxygen atoms in total. The Morgan fingerprint density at radius 2 is 2.33 bits per heavy atom. The first-order valence-electron chi connectivity index (χ1n) is 4.13. The smallest absolute Gasteiger partial charge is 0.126 e.